The first-order valence-electron chi connectivity index (χ1n) is 3.45. The van der Waals surface area contributed by atoms with Crippen LogP contribution in [0, 0.1) is 11.3 Å². The number of nitrogens with zero attached hydrogens (tertiary/aromatic N) is 2. The number of fused-ring (bicyclic) bond motifs is 1. The van der Waals surface area contributed by atoms with Crippen LogP contribution in [0.5, 0.6) is 0 Å². The van der Waals surface area contributed by atoms with Crippen molar-refractivity contribution in [3.05, 3.63) is 26.8 Å². The maximum Gasteiger partial charge on any atom is 0.108 e. The normalized spacial score (nSPS) is 10.2. The lowest BCUT2D eigenvalue weighted by atomic mass is 10.2. The molecule has 5 heteroatoms. The number of halogens is 2. The van der Waals surface area contributed by atoms with Gasteiger partial charge in [0.1, 0.15) is 10.7 Å². The molecule has 0 unspecified atom stereocenters. The third kappa shape index (κ3) is 1.36. The van der Waals surface area contributed by atoms with Crippen LogP contribution >= 0.6 is 31.9 Å². The zero-order valence-corrected chi connectivity index (χ0v) is 9.48. The fraction of sp³-hybridized carbons (Fsp3) is 0. The Kier molecular flexibility index (Phi) is 2.10. The van der Waals surface area contributed by atoms with Crippen LogP contribution in [-0.4, -0.2) is 10.2 Å². The van der Waals surface area contributed by atoms with Gasteiger partial charge in [0, 0.05) is 9.86 Å². The Bertz CT molecular complexity index is 510. The van der Waals surface area contributed by atoms with Crippen LogP contribution in [0.1, 0.15) is 5.56 Å². The van der Waals surface area contributed by atoms with Gasteiger partial charge in [-0.3, -0.25) is 5.10 Å². The van der Waals surface area contributed by atoms with Crippen LogP contribution in [0.15, 0.2) is 21.2 Å². The van der Waals surface area contributed by atoms with E-state index in [0.29, 0.717) is 5.56 Å². The van der Waals surface area contributed by atoms with Gasteiger partial charge in [0.05, 0.1) is 11.1 Å². The zero-order valence-electron chi connectivity index (χ0n) is 6.31. The van der Waals surface area contributed by atoms with Crippen molar-refractivity contribution in [3.63, 3.8) is 0 Å². The van der Waals surface area contributed by atoms with Gasteiger partial charge in [-0.05, 0) is 44.0 Å². The number of aromatic amines is 1. The van der Waals surface area contributed by atoms with E-state index in [9.17, 15) is 0 Å². The van der Waals surface area contributed by atoms with Crippen molar-refractivity contribution in [2.24, 2.45) is 0 Å². The summed E-state index contributed by atoms with van der Waals surface area (Å²) < 4.78 is 1.56. The number of hydrogen-bond donors (Lipinski definition) is 1. The van der Waals surface area contributed by atoms with Crippen LogP contribution in [0.3, 0.4) is 0 Å². The second-order valence-electron chi connectivity index (χ2n) is 2.50. The summed E-state index contributed by atoms with van der Waals surface area (Å²) in [7, 11) is 0. The number of benzene rings is 1. The molecule has 0 fully saturated rings. The van der Waals surface area contributed by atoms with Gasteiger partial charge in [0.25, 0.3) is 0 Å². The van der Waals surface area contributed by atoms with Crippen molar-refractivity contribution in [2.75, 3.05) is 0 Å². The van der Waals surface area contributed by atoms with E-state index in [-0.39, 0.29) is 0 Å². The van der Waals surface area contributed by atoms with Crippen molar-refractivity contribution in [3.8, 4) is 6.07 Å². The standard InChI is InChI=1S/C8H3Br2N3/c9-6-2-7-5(1-4(6)3-11)8(10)13-12-7/h1-2H,(H,12,13). The second kappa shape index (κ2) is 3.13. The Morgan fingerprint density at radius 3 is 2.85 bits per heavy atom. The molecule has 0 aliphatic rings. The summed E-state index contributed by atoms with van der Waals surface area (Å²) in [6.45, 7) is 0. The fourth-order valence-corrected chi connectivity index (χ4v) is 1.91. The van der Waals surface area contributed by atoms with Crippen molar-refractivity contribution in [2.45, 2.75) is 0 Å². The minimum absolute atomic E-state index is 0.606. The molecule has 0 saturated carbocycles. The minimum atomic E-state index is 0.606. The topological polar surface area (TPSA) is 52.5 Å². The minimum Gasteiger partial charge on any atom is -0.270 e. The van der Waals surface area contributed by atoms with E-state index in [0.717, 1.165) is 20.0 Å². The lowest BCUT2D eigenvalue weighted by molar-refractivity contribution is 1.10. The van der Waals surface area contributed by atoms with E-state index in [2.05, 4.69) is 48.1 Å². The Balaban J connectivity index is 2.86. The van der Waals surface area contributed by atoms with Gasteiger partial charge >= 0.3 is 0 Å². The Labute approximate surface area is 91.0 Å². The molecule has 0 aliphatic heterocycles. The maximum atomic E-state index is 8.78. The van der Waals surface area contributed by atoms with Gasteiger partial charge in [-0.25, -0.2) is 0 Å². The fourth-order valence-electron chi connectivity index (χ4n) is 1.09. The molecule has 64 valence electrons. The zero-order chi connectivity index (χ0) is 9.42. The molecule has 0 spiro atoms. The first-order chi connectivity index (χ1) is 6.22. The molecule has 1 aromatic heterocycles. The van der Waals surface area contributed by atoms with Gasteiger partial charge < -0.3 is 0 Å². The number of aromatic nitrogens is 2. The SMILES string of the molecule is N#Cc1cc2c(Br)[nH]nc2cc1Br. The van der Waals surface area contributed by atoms with Crippen LogP contribution in [0.4, 0.5) is 0 Å². The highest BCUT2D eigenvalue weighted by Crippen LogP contribution is 2.26. The number of nitriles is 1. The number of H-pyrrole nitrogens is 1. The predicted molar refractivity (Wildman–Crippen MR) is 56.2 cm³/mol. The average molecular weight is 301 g/mol. The summed E-state index contributed by atoms with van der Waals surface area (Å²) in [6, 6.07) is 5.69. The molecule has 3 nitrogen and oxygen atoms in total. The van der Waals surface area contributed by atoms with Crippen molar-refractivity contribution in [1.29, 1.82) is 5.26 Å². The molecule has 2 aromatic rings. The summed E-state index contributed by atoms with van der Waals surface area (Å²) >= 11 is 6.61. The lowest BCUT2D eigenvalue weighted by Gasteiger charge is -1.94. The molecule has 0 saturated heterocycles. The van der Waals surface area contributed by atoms with Crippen molar-refractivity contribution < 1.29 is 0 Å². The van der Waals surface area contributed by atoms with Crippen LogP contribution < -0.4 is 0 Å². The van der Waals surface area contributed by atoms with Gasteiger partial charge in [0.2, 0.25) is 0 Å². The van der Waals surface area contributed by atoms with E-state index in [1.54, 1.807) is 6.07 Å². The molecule has 0 atom stereocenters. The lowest BCUT2D eigenvalue weighted by Crippen LogP contribution is -1.77. The second-order valence-corrected chi connectivity index (χ2v) is 4.15. The molecule has 1 aromatic carbocycles. The Morgan fingerprint density at radius 1 is 1.38 bits per heavy atom. The smallest absolute Gasteiger partial charge is 0.108 e. The quantitative estimate of drug-likeness (QED) is 0.813. The van der Waals surface area contributed by atoms with Gasteiger partial charge in [-0.2, -0.15) is 10.4 Å². The van der Waals surface area contributed by atoms with E-state index in [4.69, 9.17) is 5.26 Å². The molecule has 0 aliphatic carbocycles. The third-order valence-electron chi connectivity index (χ3n) is 1.72. The molecule has 0 amide bonds. The number of nitrogens with one attached hydrogen (secondary N) is 1. The van der Waals surface area contributed by atoms with E-state index >= 15 is 0 Å². The Morgan fingerprint density at radius 2 is 2.15 bits per heavy atom. The monoisotopic (exact) mass is 299 g/mol. The maximum absolute atomic E-state index is 8.78. The van der Waals surface area contributed by atoms with E-state index in [1.165, 1.54) is 0 Å². The molecule has 1 N–H and O–H groups in total. The molecule has 13 heavy (non-hydrogen) atoms. The number of rotatable bonds is 0. The first kappa shape index (κ1) is 8.73. The third-order valence-corrected chi connectivity index (χ3v) is 2.98. The molecule has 2 rings (SSSR count). The predicted octanol–water partition coefficient (Wildman–Crippen LogP) is 2.96. The molecular weight excluding hydrogens is 298 g/mol. The summed E-state index contributed by atoms with van der Waals surface area (Å²) in [5.41, 5.74) is 1.44. The molecule has 0 radical (unpaired) electrons. The summed E-state index contributed by atoms with van der Waals surface area (Å²) in [5, 5.41) is 16.5. The summed E-state index contributed by atoms with van der Waals surface area (Å²) in [5.74, 6) is 0. The highest BCUT2D eigenvalue weighted by atomic mass is 79.9. The van der Waals surface area contributed by atoms with E-state index in [1.807, 2.05) is 6.07 Å². The summed E-state index contributed by atoms with van der Waals surface area (Å²) in [4.78, 5) is 0. The highest BCUT2D eigenvalue weighted by Gasteiger charge is 2.06. The van der Waals surface area contributed by atoms with Crippen LogP contribution in [-0.2, 0) is 0 Å². The first-order valence-corrected chi connectivity index (χ1v) is 5.04. The largest absolute Gasteiger partial charge is 0.270 e. The van der Waals surface area contributed by atoms with Crippen molar-refractivity contribution in [1.82, 2.24) is 10.2 Å². The van der Waals surface area contributed by atoms with E-state index < -0.39 is 0 Å². The summed E-state index contributed by atoms with van der Waals surface area (Å²) in [6.07, 6.45) is 0. The Hall–Kier alpha value is -0.860. The van der Waals surface area contributed by atoms with Crippen molar-refractivity contribution >= 4 is 42.8 Å². The average Bonchev–Trinajstić information content (AvgIpc) is 2.46. The molecular formula is C8H3Br2N3. The highest BCUT2D eigenvalue weighted by molar-refractivity contribution is 9.11. The number of hydrogen-bond acceptors (Lipinski definition) is 2. The van der Waals surface area contributed by atoms with Gasteiger partial charge in [-0.15, -0.1) is 0 Å². The molecule has 0 bridgehead atoms. The van der Waals surface area contributed by atoms with Crippen LogP contribution in [0.2, 0.25) is 0 Å². The molecule has 1 heterocycles. The van der Waals surface area contributed by atoms with Gasteiger partial charge in [0.15, 0.2) is 0 Å². The van der Waals surface area contributed by atoms with Crippen LogP contribution in [0.25, 0.3) is 10.9 Å². The van der Waals surface area contributed by atoms with Gasteiger partial charge in [-0.1, -0.05) is 0 Å².